The van der Waals surface area contributed by atoms with E-state index >= 15 is 0 Å². The number of benzene rings is 1. The van der Waals surface area contributed by atoms with Gasteiger partial charge in [0.1, 0.15) is 6.04 Å². The molecule has 2 amide bonds. The molecule has 0 saturated heterocycles. The van der Waals surface area contributed by atoms with Crippen molar-refractivity contribution in [2.24, 2.45) is 0 Å². The van der Waals surface area contributed by atoms with Gasteiger partial charge in [0.2, 0.25) is 11.7 Å². The summed E-state index contributed by atoms with van der Waals surface area (Å²) >= 11 is 1.72. The lowest BCUT2D eigenvalue weighted by Gasteiger charge is -2.29. The predicted molar refractivity (Wildman–Crippen MR) is 106 cm³/mol. The van der Waals surface area contributed by atoms with Crippen molar-refractivity contribution in [3.63, 3.8) is 0 Å². The van der Waals surface area contributed by atoms with Gasteiger partial charge in [0.25, 0.3) is 5.91 Å². The first-order valence-corrected chi connectivity index (χ1v) is 9.81. The Morgan fingerprint density at radius 3 is 2.43 bits per heavy atom. The number of amides is 2. The van der Waals surface area contributed by atoms with Gasteiger partial charge in [0, 0.05) is 23.5 Å². The van der Waals surface area contributed by atoms with Crippen molar-refractivity contribution < 1.29 is 23.8 Å². The second kappa shape index (κ2) is 8.52. The van der Waals surface area contributed by atoms with E-state index in [0.29, 0.717) is 35.9 Å². The first-order chi connectivity index (χ1) is 13.5. The smallest absolute Gasteiger partial charge is 0.252 e. The van der Waals surface area contributed by atoms with Gasteiger partial charge in [-0.25, -0.2) is 0 Å². The average molecular weight is 404 g/mol. The Kier molecular flexibility index (Phi) is 6.08. The number of carbonyl (C=O) groups is 2. The molecular formula is C20H24N2O5S. The van der Waals surface area contributed by atoms with E-state index in [9.17, 15) is 9.59 Å². The van der Waals surface area contributed by atoms with Crippen molar-refractivity contribution in [1.82, 2.24) is 10.2 Å². The second-order valence-electron chi connectivity index (χ2n) is 6.49. The molecule has 0 bridgehead atoms. The predicted octanol–water partition coefficient (Wildman–Crippen LogP) is 2.48. The zero-order chi connectivity index (χ0) is 20.3. The Labute approximate surface area is 168 Å². The molecule has 1 aromatic carbocycles. The van der Waals surface area contributed by atoms with Gasteiger partial charge < -0.3 is 24.4 Å². The van der Waals surface area contributed by atoms with Crippen LogP contribution < -0.4 is 19.5 Å². The molecule has 1 N–H and O–H groups in total. The standard InChI is InChI=1S/C20H24N2O5S/c1-12(20(24)22-7-5-17-13(11-22)6-8-28-17)21-19(23)14-9-15(25-2)18(27-4)16(10-14)26-3/h6,8-10,12H,5,7,11H2,1-4H3,(H,21,23)/t12-/m0/s1. The van der Waals surface area contributed by atoms with Crippen LogP contribution in [-0.2, 0) is 17.8 Å². The number of methoxy groups -OCH3 is 3. The van der Waals surface area contributed by atoms with Crippen LogP contribution in [0.3, 0.4) is 0 Å². The van der Waals surface area contributed by atoms with Crippen LogP contribution in [-0.4, -0.2) is 50.6 Å². The van der Waals surface area contributed by atoms with Crippen LogP contribution >= 0.6 is 11.3 Å². The molecule has 1 aliphatic heterocycles. The number of ether oxygens (including phenoxy) is 3. The SMILES string of the molecule is COc1cc(C(=O)N[C@@H](C)C(=O)N2CCc3sccc3C2)cc(OC)c1OC. The third-order valence-electron chi connectivity index (χ3n) is 4.76. The van der Waals surface area contributed by atoms with Crippen LogP contribution in [0.1, 0.15) is 27.7 Å². The zero-order valence-corrected chi connectivity index (χ0v) is 17.2. The highest BCUT2D eigenvalue weighted by Crippen LogP contribution is 2.38. The average Bonchev–Trinajstić information content (AvgIpc) is 3.19. The number of carbonyl (C=O) groups excluding carboxylic acids is 2. The van der Waals surface area contributed by atoms with Crippen LogP contribution in [0.2, 0.25) is 0 Å². The first kappa shape index (κ1) is 20.0. The summed E-state index contributed by atoms with van der Waals surface area (Å²) in [5, 5.41) is 4.82. The summed E-state index contributed by atoms with van der Waals surface area (Å²) in [6.45, 7) is 2.94. The van der Waals surface area contributed by atoms with Crippen LogP contribution in [0, 0.1) is 0 Å². The van der Waals surface area contributed by atoms with E-state index in [2.05, 4.69) is 11.4 Å². The molecule has 28 heavy (non-hydrogen) atoms. The highest BCUT2D eigenvalue weighted by atomic mass is 32.1. The molecule has 0 saturated carbocycles. The van der Waals surface area contributed by atoms with Crippen LogP contribution in [0.4, 0.5) is 0 Å². The minimum atomic E-state index is -0.647. The summed E-state index contributed by atoms with van der Waals surface area (Å²) in [7, 11) is 4.47. The summed E-state index contributed by atoms with van der Waals surface area (Å²) in [4.78, 5) is 28.6. The zero-order valence-electron chi connectivity index (χ0n) is 16.4. The lowest BCUT2D eigenvalue weighted by Crippen LogP contribution is -2.48. The van der Waals surface area contributed by atoms with Crippen molar-refractivity contribution in [3.8, 4) is 17.2 Å². The monoisotopic (exact) mass is 404 g/mol. The number of nitrogens with zero attached hydrogens (tertiary/aromatic N) is 1. The fourth-order valence-corrected chi connectivity index (χ4v) is 4.15. The van der Waals surface area contributed by atoms with Gasteiger partial charge in [-0.1, -0.05) is 0 Å². The Bertz CT molecular complexity index is 854. The topological polar surface area (TPSA) is 77.1 Å². The minimum absolute atomic E-state index is 0.0994. The fourth-order valence-electron chi connectivity index (χ4n) is 3.26. The van der Waals surface area contributed by atoms with Crippen LogP contribution in [0.15, 0.2) is 23.6 Å². The number of fused-ring (bicyclic) bond motifs is 1. The molecule has 0 unspecified atom stereocenters. The lowest BCUT2D eigenvalue weighted by molar-refractivity contribution is -0.133. The van der Waals surface area contributed by atoms with Crippen LogP contribution in [0.5, 0.6) is 17.2 Å². The molecule has 0 spiro atoms. The van der Waals surface area contributed by atoms with Crippen molar-refractivity contribution in [1.29, 1.82) is 0 Å². The van der Waals surface area contributed by atoms with Gasteiger partial charge in [-0.15, -0.1) is 11.3 Å². The largest absolute Gasteiger partial charge is 0.493 e. The Morgan fingerprint density at radius 2 is 1.82 bits per heavy atom. The van der Waals surface area contributed by atoms with E-state index < -0.39 is 6.04 Å². The van der Waals surface area contributed by atoms with E-state index in [-0.39, 0.29) is 11.8 Å². The van der Waals surface area contributed by atoms with Gasteiger partial charge >= 0.3 is 0 Å². The summed E-state index contributed by atoms with van der Waals surface area (Å²) < 4.78 is 15.8. The Hall–Kier alpha value is -2.74. The first-order valence-electron chi connectivity index (χ1n) is 8.93. The maximum absolute atomic E-state index is 12.8. The van der Waals surface area contributed by atoms with Gasteiger partial charge in [-0.3, -0.25) is 9.59 Å². The summed E-state index contributed by atoms with van der Waals surface area (Å²) in [5.74, 6) is 0.690. The summed E-state index contributed by atoms with van der Waals surface area (Å²) in [6.07, 6.45) is 0.853. The fraction of sp³-hybridized carbons (Fsp3) is 0.400. The summed E-state index contributed by atoms with van der Waals surface area (Å²) in [5.41, 5.74) is 1.51. The van der Waals surface area contributed by atoms with Crippen molar-refractivity contribution in [3.05, 3.63) is 39.6 Å². The van der Waals surface area contributed by atoms with E-state index in [1.165, 1.54) is 31.8 Å². The van der Waals surface area contributed by atoms with Crippen molar-refractivity contribution >= 4 is 23.2 Å². The Morgan fingerprint density at radius 1 is 1.14 bits per heavy atom. The molecule has 0 aliphatic carbocycles. The normalized spacial score (nSPS) is 14.1. The molecule has 150 valence electrons. The quantitative estimate of drug-likeness (QED) is 0.800. The molecule has 1 aliphatic rings. The summed E-state index contributed by atoms with van der Waals surface area (Å²) in [6, 6.07) is 4.53. The van der Waals surface area contributed by atoms with Gasteiger partial charge in [-0.05, 0) is 42.5 Å². The van der Waals surface area contributed by atoms with Gasteiger partial charge in [-0.2, -0.15) is 0 Å². The highest BCUT2D eigenvalue weighted by Gasteiger charge is 2.27. The number of thiophene rings is 1. The molecular weight excluding hydrogens is 380 g/mol. The second-order valence-corrected chi connectivity index (χ2v) is 7.49. The van der Waals surface area contributed by atoms with E-state index in [4.69, 9.17) is 14.2 Å². The molecule has 7 nitrogen and oxygen atoms in total. The molecule has 2 heterocycles. The van der Waals surface area contributed by atoms with Gasteiger partial charge in [0.05, 0.1) is 21.3 Å². The third kappa shape index (κ3) is 3.91. The molecule has 1 aromatic heterocycles. The number of hydrogen-bond acceptors (Lipinski definition) is 6. The van der Waals surface area contributed by atoms with E-state index in [1.807, 2.05) is 5.38 Å². The molecule has 0 radical (unpaired) electrons. The number of hydrogen-bond donors (Lipinski definition) is 1. The van der Waals surface area contributed by atoms with Crippen molar-refractivity contribution in [2.75, 3.05) is 27.9 Å². The molecule has 1 atom stereocenters. The highest BCUT2D eigenvalue weighted by molar-refractivity contribution is 7.10. The maximum atomic E-state index is 12.8. The third-order valence-corrected chi connectivity index (χ3v) is 5.79. The lowest BCUT2D eigenvalue weighted by atomic mass is 10.1. The molecule has 0 fully saturated rings. The van der Waals surface area contributed by atoms with E-state index in [0.717, 1.165) is 6.42 Å². The molecule has 2 aromatic rings. The maximum Gasteiger partial charge on any atom is 0.252 e. The van der Waals surface area contributed by atoms with Crippen molar-refractivity contribution in [2.45, 2.75) is 25.9 Å². The molecule has 8 heteroatoms. The van der Waals surface area contributed by atoms with E-state index in [1.54, 1.807) is 35.3 Å². The van der Waals surface area contributed by atoms with Gasteiger partial charge in [0.15, 0.2) is 11.5 Å². The molecule has 3 rings (SSSR count). The number of rotatable bonds is 6. The number of nitrogens with one attached hydrogen (secondary N) is 1. The van der Waals surface area contributed by atoms with Crippen LogP contribution in [0.25, 0.3) is 0 Å². The Balaban J connectivity index is 1.71. The minimum Gasteiger partial charge on any atom is -0.493 e.